The molecule has 1 aliphatic rings. The average molecular weight is 388 g/mol. The van der Waals surface area contributed by atoms with Crippen LogP contribution in [0, 0.1) is 12.8 Å². The number of nitrogens with one attached hydrogen (secondary N) is 1. The van der Waals surface area contributed by atoms with Crippen molar-refractivity contribution in [2.75, 3.05) is 11.9 Å². The van der Waals surface area contributed by atoms with Gasteiger partial charge >= 0.3 is 5.97 Å². The van der Waals surface area contributed by atoms with Crippen molar-refractivity contribution in [2.45, 2.75) is 46.5 Å². The SMILES string of the molecule is CCOC(=O)c1c(NC(=O)/C=C/c2ccc(C)o2)sc2c1CCC(CC)C2. The summed E-state index contributed by atoms with van der Waals surface area (Å²) in [4.78, 5) is 26.1. The van der Waals surface area contributed by atoms with Crippen LogP contribution in [0.1, 0.15) is 59.0 Å². The van der Waals surface area contributed by atoms with Crippen molar-refractivity contribution in [3.63, 3.8) is 0 Å². The van der Waals surface area contributed by atoms with Crippen LogP contribution < -0.4 is 5.32 Å². The number of thiophene rings is 1. The molecule has 1 atom stereocenters. The number of esters is 1. The zero-order valence-corrected chi connectivity index (χ0v) is 16.8. The predicted molar refractivity (Wildman–Crippen MR) is 107 cm³/mol. The molecule has 0 saturated heterocycles. The largest absolute Gasteiger partial charge is 0.462 e. The second-order valence-corrected chi connectivity index (χ2v) is 7.82. The molecule has 0 bridgehead atoms. The monoisotopic (exact) mass is 387 g/mol. The molecule has 1 amide bonds. The minimum Gasteiger partial charge on any atom is -0.462 e. The van der Waals surface area contributed by atoms with Crippen LogP contribution in [0.15, 0.2) is 22.6 Å². The Morgan fingerprint density at radius 1 is 1.37 bits per heavy atom. The number of ether oxygens (including phenoxy) is 1. The van der Waals surface area contributed by atoms with Crippen LogP contribution in [0.2, 0.25) is 0 Å². The Morgan fingerprint density at radius 3 is 2.85 bits per heavy atom. The number of amides is 1. The number of hydrogen-bond donors (Lipinski definition) is 1. The van der Waals surface area contributed by atoms with E-state index in [-0.39, 0.29) is 11.9 Å². The highest BCUT2D eigenvalue weighted by molar-refractivity contribution is 7.17. The molecule has 5 nitrogen and oxygen atoms in total. The van der Waals surface area contributed by atoms with Crippen LogP contribution in [0.5, 0.6) is 0 Å². The first-order valence-corrected chi connectivity index (χ1v) is 10.2. The first-order valence-electron chi connectivity index (χ1n) is 9.38. The lowest BCUT2D eigenvalue weighted by atomic mass is 9.85. The number of rotatable bonds is 6. The number of hydrogen-bond acceptors (Lipinski definition) is 5. The quantitative estimate of drug-likeness (QED) is 0.560. The molecule has 0 aromatic carbocycles. The van der Waals surface area contributed by atoms with E-state index in [0.29, 0.717) is 28.8 Å². The number of anilines is 1. The van der Waals surface area contributed by atoms with Gasteiger partial charge in [-0.15, -0.1) is 11.3 Å². The fraction of sp³-hybridized carbons (Fsp3) is 0.429. The zero-order valence-electron chi connectivity index (χ0n) is 16.0. The summed E-state index contributed by atoms with van der Waals surface area (Å²) in [7, 11) is 0. The van der Waals surface area contributed by atoms with Gasteiger partial charge in [0.25, 0.3) is 0 Å². The highest BCUT2D eigenvalue weighted by atomic mass is 32.1. The van der Waals surface area contributed by atoms with E-state index in [0.717, 1.165) is 37.0 Å². The first kappa shape index (κ1) is 19.4. The molecule has 0 aliphatic heterocycles. The van der Waals surface area contributed by atoms with Gasteiger partial charge in [0, 0.05) is 11.0 Å². The van der Waals surface area contributed by atoms with Gasteiger partial charge in [-0.1, -0.05) is 13.3 Å². The standard InChI is InChI=1S/C21H25NO4S/c1-4-14-7-10-16-17(12-14)27-20(19(16)21(24)25-5-2)22-18(23)11-9-15-8-6-13(3)26-15/h6,8-9,11,14H,4-5,7,10,12H2,1-3H3,(H,22,23)/b11-9+. The number of carbonyl (C=O) groups is 2. The second-order valence-electron chi connectivity index (χ2n) is 6.72. The Hall–Kier alpha value is -2.34. The van der Waals surface area contributed by atoms with Crippen molar-refractivity contribution >= 4 is 34.3 Å². The topological polar surface area (TPSA) is 68.5 Å². The molecule has 1 unspecified atom stereocenters. The van der Waals surface area contributed by atoms with E-state index in [1.165, 1.54) is 22.3 Å². The molecular weight excluding hydrogens is 362 g/mol. The summed E-state index contributed by atoms with van der Waals surface area (Å²) >= 11 is 1.50. The third-order valence-electron chi connectivity index (χ3n) is 4.82. The van der Waals surface area contributed by atoms with Crippen LogP contribution >= 0.6 is 11.3 Å². The summed E-state index contributed by atoms with van der Waals surface area (Å²) in [5, 5.41) is 3.45. The fourth-order valence-corrected chi connectivity index (χ4v) is 4.72. The lowest BCUT2D eigenvalue weighted by molar-refractivity contribution is -0.111. The van der Waals surface area contributed by atoms with Gasteiger partial charge in [-0.2, -0.15) is 0 Å². The Morgan fingerprint density at radius 2 is 2.19 bits per heavy atom. The molecule has 1 N–H and O–H groups in total. The predicted octanol–water partition coefficient (Wildman–Crippen LogP) is 4.99. The highest BCUT2D eigenvalue weighted by Crippen LogP contribution is 2.40. The molecule has 0 fully saturated rings. The summed E-state index contributed by atoms with van der Waals surface area (Å²) < 4.78 is 10.7. The molecule has 2 aromatic rings. The van der Waals surface area contributed by atoms with E-state index in [4.69, 9.17) is 9.15 Å². The summed E-state index contributed by atoms with van der Waals surface area (Å²) in [5.41, 5.74) is 1.58. The summed E-state index contributed by atoms with van der Waals surface area (Å²) in [6.07, 6.45) is 7.04. The molecular formula is C21H25NO4S. The average Bonchev–Trinajstić information content (AvgIpc) is 3.22. The summed E-state index contributed by atoms with van der Waals surface area (Å²) in [6, 6.07) is 3.64. The number of aryl methyl sites for hydroxylation is 1. The lowest BCUT2D eigenvalue weighted by Gasteiger charge is -2.20. The normalized spacial score (nSPS) is 16.3. The molecule has 6 heteroatoms. The lowest BCUT2D eigenvalue weighted by Crippen LogP contribution is -2.16. The van der Waals surface area contributed by atoms with Crippen molar-refractivity contribution in [1.29, 1.82) is 0 Å². The molecule has 0 saturated carbocycles. The van der Waals surface area contributed by atoms with Crippen molar-refractivity contribution in [1.82, 2.24) is 0 Å². The minimum atomic E-state index is -0.356. The fourth-order valence-electron chi connectivity index (χ4n) is 3.36. The highest BCUT2D eigenvalue weighted by Gasteiger charge is 2.29. The second kappa shape index (κ2) is 8.57. The van der Waals surface area contributed by atoms with Crippen LogP contribution in [-0.2, 0) is 22.4 Å². The van der Waals surface area contributed by atoms with Crippen LogP contribution in [0.4, 0.5) is 5.00 Å². The van der Waals surface area contributed by atoms with E-state index >= 15 is 0 Å². The molecule has 0 spiro atoms. The maximum absolute atomic E-state index is 12.5. The molecule has 3 rings (SSSR count). The molecule has 2 heterocycles. The molecule has 27 heavy (non-hydrogen) atoms. The van der Waals surface area contributed by atoms with E-state index in [2.05, 4.69) is 12.2 Å². The Bertz CT molecular complexity index is 862. The third kappa shape index (κ3) is 4.50. The smallest absolute Gasteiger partial charge is 0.341 e. The van der Waals surface area contributed by atoms with Gasteiger partial charge in [0.2, 0.25) is 5.91 Å². The maximum atomic E-state index is 12.5. The van der Waals surface area contributed by atoms with Crippen LogP contribution in [0.3, 0.4) is 0 Å². The van der Waals surface area contributed by atoms with Gasteiger partial charge in [0.15, 0.2) is 0 Å². The molecule has 2 aromatic heterocycles. The number of fused-ring (bicyclic) bond motifs is 1. The van der Waals surface area contributed by atoms with Gasteiger partial charge < -0.3 is 14.5 Å². The number of carbonyl (C=O) groups excluding carboxylic acids is 2. The molecule has 1 aliphatic carbocycles. The maximum Gasteiger partial charge on any atom is 0.341 e. The minimum absolute atomic E-state index is 0.291. The van der Waals surface area contributed by atoms with Crippen molar-refractivity contribution in [3.8, 4) is 0 Å². The van der Waals surface area contributed by atoms with Crippen LogP contribution in [0.25, 0.3) is 6.08 Å². The van der Waals surface area contributed by atoms with Gasteiger partial charge in [-0.25, -0.2) is 4.79 Å². The summed E-state index contributed by atoms with van der Waals surface area (Å²) in [6.45, 7) is 6.14. The van der Waals surface area contributed by atoms with Gasteiger partial charge in [-0.05, 0) is 62.8 Å². The van der Waals surface area contributed by atoms with E-state index in [9.17, 15) is 9.59 Å². The van der Waals surface area contributed by atoms with Crippen molar-refractivity contribution < 1.29 is 18.7 Å². The Labute approximate surface area is 163 Å². The van der Waals surface area contributed by atoms with Crippen molar-refractivity contribution in [2.24, 2.45) is 5.92 Å². The summed E-state index contributed by atoms with van der Waals surface area (Å²) in [5.74, 6) is 1.39. The van der Waals surface area contributed by atoms with E-state index in [1.54, 1.807) is 19.1 Å². The van der Waals surface area contributed by atoms with Gasteiger partial charge in [0.1, 0.15) is 16.5 Å². The Balaban J connectivity index is 1.83. The third-order valence-corrected chi connectivity index (χ3v) is 5.99. The van der Waals surface area contributed by atoms with Gasteiger partial charge in [-0.3, -0.25) is 4.79 Å². The molecule has 144 valence electrons. The van der Waals surface area contributed by atoms with Gasteiger partial charge in [0.05, 0.1) is 12.2 Å². The van der Waals surface area contributed by atoms with Crippen LogP contribution in [-0.4, -0.2) is 18.5 Å². The molecule has 0 radical (unpaired) electrons. The van der Waals surface area contributed by atoms with Crippen molar-refractivity contribution in [3.05, 3.63) is 45.7 Å². The zero-order chi connectivity index (χ0) is 19.4. The first-order chi connectivity index (χ1) is 13.0. The number of furan rings is 1. The van der Waals surface area contributed by atoms with E-state index < -0.39 is 0 Å². The Kier molecular flexibility index (Phi) is 6.16. The van der Waals surface area contributed by atoms with E-state index in [1.807, 2.05) is 13.0 Å².